The van der Waals surface area contributed by atoms with Crippen molar-refractivity contribution < 1.29 is 19.1 Å². The van der Waals surface area contributed by atoms with Gasteiger partial charge in [0, 0.05) is 16.2 Å². The Bertz CT molecular complexity index is 730. The van der Waals surface area contributed by atoms with Gasteiger partial charge in [-0.1, -0.05) is 0 Å². The van der Waals surface area contributed by atoms with Crippen molar-refractivity contribution in [2.45, 2.75) is 13.8 Å². The third-order valence-electron chi connectivity index (χ3n) is 2.99. The summed E-state index contributed by atoms with van der Waals surface area (Å²) in [6.45, 7) is 4.65. The molecule has 7 nitrogen and oxygen atoms in total. The molecule has 0 saturated carbocycles. The molecule has 2 rings (SSSR count). The van der Waals surface area contributed by atoms with Crippen LogP contribution in [0.1, 0.15) is 34.7 Å². The highest BCUT2D eigenvalue weighted by Crippen LogP contribution is 2.28. The first kappa shape index (κ1) is 17.9. The van der Waals surface area contributed by atoms with E-state index in [9.17, 15) is 9.59 Å². The minimum Gasteiger partial charge on any atom is -0.490 e. The summed E-state index contributed by atoms with van der Waals surface area (Å²) in [6, 6.07) is 6.43. The van der Waals surface area contributed by atoms with Gasteiger partial charge in [-0.15, -0.1) is 0 Å². The standard InChI is InChI=1S/C16H18BrN3O4/c1-3-23-13-6-5-10(7-14(13)24-4-2)15(21)19-20-16(22)12-8-11(17)9-18-12/h5-9,18H,3-4H2,1-2H3,(H,19,21)(H,20,22). The van der Waals surface area contributed by atoms with E-state index in [4.69, 9.17) is 9.47 Å². The first-order chi connectivity index (χ1) is 11.5. The first-order valence-electron chi connectivity index (χ1n) is 7.39. The second-order valence-electron chi connectivity index (χ2n) is 4.67. The van der Waals surface area contributed by atoms with E-state index in [0.717, 1.165) is 4.47 Å². The molecule has 0 aliphatic rings. The molecule has 0 spiro atoms. The molecule has 8 heteroatoms. The molecule has 128 valence electrons. The first-order valence-corrected chi connectivity index (χ1v) is 8.18. The Balaban J connectivity index is 2.03. The molecule has 0 bridgehead atoms. The number of aromatic amines is 1. The number of hydrazine groups is 1. The van der Waals surface area contributed by atoms with Crippen molar-refractivity contribution in [1.82, 2.24) is 15.8 Å². The van der Waals surface area contributed by atoms with Gasteiger partial charge in [0.1, 0.15) is 5.69 Å². The normalized spacial score (nSPS) is 10.1. The van der Waals surface area contributed by atoms with Gasteiger partial charge in [0.15, 0.2) is 11.5 Å². The molecule has 24 heavy (non-hydrogen) atoms. The number of hydrogen-bond donors (Lipinski definition) is 3. The van der Waals surface area contributed by atoms with Crippen molar-refractivity contribution in [3.05, 3.63) is 46.2 Å². The molecule has 2 aromatic rings. The molecule has 0 saturated heterocycles. The molecule has 0 radical (unpaired) electrons. The number of hydrogen-bond acceptors (Lipinski definition) is 4. The number of halogens is 1. The van der Waals surface area contributed by atoms with E-state index in [1.165, 1.54) is 0 Å². The van der Waals surface area contributed by atoms with Crippen LogP contribution in [0.5, 0.6) is 11.5 Å². The number of rotatable bonds is 6. The molecule has 1 aromatic carbocycles. The Kier molecular flexibility index (Phi) is 6.25. The zero-order chi connectivity index (χ0) is 17.5. The van der Waals surface area contributed by atoms with Crippen LogP contribution in [0.4, 0.5) is 0 Å². The van der Waals surface area contributed by atoms with E-state index in [1.54, 1.807) is 30.5 Å². The van der Waals surface area contributed by atoms with Crippen molar-refractivity contribution in [3.8, 4) is 11.5 Å². The average Bonchev–Trinajstić information content (AvgIpc) is 3.01. The van der Waals surface area contributed by atoms with Crippen molar-refractivity contribution in [3.63, 3.8) is 0 Å². The quantitative estimate of drug-likeness (QED) is 0.655. The third-order valence-corrected chi connectivity index (χ3v) is 3.45. The van der Waals surface area contributed by atoms with Gasteiger partial charge in [0.05, 0.1) is 13.2 Å². The molecule has 0 fully saturated rings. The maximum absolute atomic E-state index is 12.2. The summed E-state index contributed by atoms with van der Waals surface area (Å²) >= 11 is 3.23. The van der Waals surface area contributed by atoms with Crippen molar-refractivity contribution >= 4 is 27.7 Å². The predicted molar refractivity (Wildman–Crippen MR) is 92.2 cm³/mol. The summed E-state index contributed by atoms with van der Waals surface area (Å²) in [5.41, 5.74) is 5.36. The van der Waals surface area contributed by atoms with Crippen LogP contribution < -0.4 is 20.3 Å². The smallest absolute Gasteiger partial charge is 0.286 e. The number of carbonyl (C=O) groups is 2. The van der Waals surface area contributed by atoms with E-state index in [1.807, 2.05) is 13.8 Å². The molecule has 0 unspecified atom stereocenters. The van der Waals surface area contributed by atoms with E-state index in [0.29, 0.717) is 36.0 Å². The Morgan fingerprint density at radius 3 is 2.33 bits per heavy atom. The minimum atomic E-state index is -0.460. The van der Waals surface area contributed by atoms with Crippen LogP contribution in [0.25, 0.3) is 0 Å². The number of carbonyl (C=O) groups excluding carboxylic acids is 2. The van der Waals surface area contributed by atoms with Gasteiger partial charge in [-0.25, -0.2) is 0 Å². The lowest BCUT2D eigenvalue weighted by molar-refractivity contribution is 0.0844. The molecule has 0 aliphatic carbocycles. The fourth-order valence-electron chi connectivity index (χ4n) is 1.94. The lowest BCUT2D eigenvalue weighted by Gasteiger charge is -2.12. The molecule has 3 N–H and O–H groups in total. The minimum absolute atomic E-state index is 0.323. The fraction of sp³-hybridized carbons (Fsp3) is 0.250. The van der Waals surface area contributed by atoms with Gasteiger partial charge in [-0.3, -0.25) is 20.4 Å². The van der Waals surface area contributed by atoms with Gasteiger partial charge in [-0.2, -0.15) is 0 Å². The number of aromatic nitrogens is 1. The van der Waals surface area contributed by atoms with Crippen LogP contribution in [0.2, 0.25) is 0 Å². The van der Waals surface area contributed by atoms with E-state index >= 15 is 0 Å². The zero-order valence-electron chi connectivity index (χ0n) is 13.3. The summed E-state index contributed by atoms with van der Waals surface area (Å²) in [4.78, 5) is 26.8. The monoisotopic (exact) mass is 395 g/mol. The highest BCUT2D eigenvalue weighted by Gasteiger charge is 2.13. The Morgan fingerprint density at radius 2 is 1.71 bits per heavy atom. The number of amides is 2. The maximum Gasteiger partial charge on any atom is 0.286 e. The number of nitrogens with one attached hydrogen (secondary N) is 3. The van der Waals surface area contributed by atoms with Crippen LogP contribution >= 0.6 is 15.9 Å². The Hall–Kier alpha value is -2.48. The predicted octanol–water partition coefficient (Wildman–Crippen LogP) is 2.65. The molecule has 1 aromatic heterocycles. The van der Waals surface area contributed by atoms with Crippen molar-refractivity contribution in [2.24, 2.45) is 0 Å². The van der Waals surface area contributed by atoms with Crippen LogP contribution in [0.3, 0.4) is 0 Å². The topological polar surface area (TPSA) is 92.5 Å². The van der Waals surface area contributed by atoms with Crippen LogP contribution in [0.15, 0.2) is 34.9 Å². The molecule has 1 heterocycles. The highest BCUT2D eigenvalue weighted by atomic mass is 79.9. The zero-order valence-corrected chi connectivity index (χ0v) is 14.9. The number of benzene rings is 1. The summed E-state index contributed by atoms with van der Waals surface area (Å²) < 4.78 is 11.7. The number of ether oxygens (including phenoxy) is 2. The van der Waals surface area contributed by atoms with Gasteiger partial charge >= 0.3 is 0 Å². The Morgan fingerprint density at radius 1 is 1.04 bits per heavy atom. The molecule has 0 aliphatic heterocycles. The third kappa shape index (κ3) is 4.51. The molecule has 0 atom stereocenters. The molecular weight excluding hydrogens is 378 g/mol. The maximum atomic E-state index is 12.2. The summed E-state index contributed by atoms with van der Waals surface area (Å²) in [7, 11) is 0. The van der Waals surface area contributed by atoms with Gasteiger partial charge in [-0.05, 0) is 54.0 Å². The molecular formula is C16H18BrN3O4. The number of H-pyrrole nitrogens is 1. The van der Waals surface area contributed by atoms with E-state index < -0.39 is 11.8 Å². The molecule has 2 amide bonds. The lowest BCUT2D eigenvalue weighted by Crippen LogP contribution is -2.41. The summed E-state index contributed by atoms with van der Waals surface area (Å²) in [6.07, 6.45) is 1.62. The van der Waals surface area contributed by atoms with Crippen LogP contribution in [-0.2, 0) is 0 Å². The lowest BCUT2D eigenvalue weighted by atomic mass is 10.2. The second-order valence-corrected chi connectivity index (χ2v) is 5.58. The van der Waals surface area contributed by atoms with Gasteiger partial charge in [0.25, 0.3) is 11.8 Å². The fourth-order valence-corrected chi connectivity index (χ4v) is 2.29. The van der Waals surface area contributed by atoms with Gasteiger partial charge in [0.2, 0.25) is 0 Å². The Labute approximate surface area is 147 Å². The SMILES string of the molecule is CCOc1ccc(C(=O)NNC(=O)c2cc(Br)c[nH]2)cc1OCC. The highest BCUT2D eigenvalue weighted by molar-refractivity contribution is 9.10. The summed E-state index contributed by atoms with van der Waals surface area (Å²) in [5.74, 6) is 0.130. The summed E-state index contributed by atoms with van der Waals surface area (Å²) in [5, 5.41) is 0. The van der Waals surface area contributed by atoms with Gasteiger partial charge < -0.3 is 14.5 Å². The van der Waals surface area contributed by atoms with Crippen molar-refractivity contribution in [2.75, 3.05) is 13.2 Å². The van der Waals surface area contributed by atoms with Crippen molar-refractivity contribution in [1.29, 1.82) is 0 Å². The largest absolute Gasteiger partial charge is 0.490 e. The average molecular weight is 396 g/mol. The second kappa shape index (κ2) is 8.39. The van der Waals surface area contributed by atoms with E-state index in [-0.39, 0.29) is 0 Å². The van der Waals surface area contributed by atoms with Crippen LogP contribution in [-0.4, -0.2) is 30.0 Å². The van der Waals surface area contributed by atoms with E-state index in [2.05, 4.69) is 31.8 Å². The van der Waals surface area contributed by atoms with Crippen LogP contribution in [0, 0.1) is 0 Å².